The third kappa shape index (κ3) is 1.35. The van der Waals surface area contributed by atoms with Gasteiger partial charge in [0.05, 0.1) is 18.0 Å². The fourth-order valence-electron chi connectivity index (χ4n) is 1.64. The Balaban J connectivity index is 2.69. The van der Waals surface area contributed by atoms with E-state index in [2.05, 4.69) is 18.8 Å². The highest BCUT2D eigenvalue weighted by Crippen LogP contribution is 2.33. The highest BCUT2D eigenvalue weighted by Gasteiger charge is 2.18. The van der Waals surface area contributed by atoms with Crippen LogP contribution >= 0.6 is 11.3 Å². The third-order valence-corrected chi connectivity index (χ3v) is 3.66. The molecule has 0 fully saturated rings. The Kier molecular flexibility index (Phi) is 2.33. The first-order valence-electron chi connectivity index (χ1n) is 4.74. The zero-order valence-electron chi connectivity index (χ0n) is 8.56. The number of aliphatic hydroxyl groups is 1. The molecular weight excluding hydrogens is 196 g/mol. The zero-order valence-corrected chi connectivity index (χ0v) is 9.38. The standard InChI is InChI=1S/C10H14N2OS/c1-6(2)10-9(7(3)13)12-5-11-4-8(12)14-10/h4-7,13H,1-3H3. The lowest BCUT2D eigenvalue weighted by atomic mass is 10.1. The largest absolute Gasteiger partial charge is 0.387 e. The molecule has 0 bridgehead atoms. The SMILES string of the molecule is CC(C)c1sc2cncn2c1C(C)O. The van der Waals surface area contributed by atoms with Gasteiger partial charge in [-0.25, -0.2) is 4.98 Å². The first-order valence-corrected chi connectivity index (χ1v) is 5.55. The van der Waals surface area contributed by atoms with Crippen molar-refractivity contribution in [2.75, 3.05) is 0 Å². The maximum atomic E-state index is 9.72. The molecule has 0 amide bonds. The Labute approximate surface area is 87.0 Å². The summed E-state index contributed by atoms with van der Waals surface area (Å²) >= 11 is 1.71. The summed E-state index contributed by atoms with van der Waals surface area (Å²) in [6, 6.07) is 0. The van der Waals surface area contributed by atoms with Crippen LogP contribution in [-0.4, -0.2) is 14.5 Å². The normalized spacial score (nSPS) is 14.1. The van der Waals surface area contributed by atoms with Crippen molar-refractivity contribution in [3.63, 3.8) is 0 Å². The van der Waals surface area contributed by atoms with E-state index in [1.807, 2.05) is 10.6 Å². The molecule has 4 heteroatoms. The van der Waals surface area contributed by atoms with Crippen LogP contribution in [0.25, 0.3) is 4.83 Å². The molecule has 76 valence electrons. The number of fused-ring (bicyclic) bond motifs is 1. The lowest BCUT2D eigenvalue weighted by Crippen LogP contribution is -2.00. The van der Waals surface area contributed by atoms with Gasteiger partial charge in [-0.1, -0.05) is 13.8 Å². The van der Waals surface area contributed by atoms with Crippen molar-refractivity contribution in [3.05, 3.63) is 23.1 Å². The van der Waals surface area contributed by atoms with Gasteiger partial charge in [-0.05, 0) is 12.8 Å². The number of nitrogens with zero attached hydrogens (tertiary/aromatic N) is 2. The van der Waals surface area contributed by atoms with Gasteiger partial charge in [-0.15, -0.1) is 11.3 Å². The van der Waals surface area contributed by atoms with E-state index in [1.165, 1.54) is 4.88 Å². The predicted molar refractivity (Wildman–Crippen MR) is 57.8 cm³/mol. The average molecular weight is 210 g/mol. The van der Waals surface area contributed by atoms with E-state index in [-0.39, 0.29) is 0 Å². The van der Waals surface area contributed by atoms with Crippen LogP contribution < -0.4 is 0 Å². The van der Waals surface area contributed by atoms with Crippen LogP contribution in [0.5, 0.6) is 0 Å². The lowest BCUT2D eigenvalue weighted by Gasteiger charge is -2.09. The number of imidazole rings is 1. The molecule has 3 nitrogen and oxygen atoms in total. The molecule has 0 saturated carbocycles. The van der Waals surface area contributed by atoms with Gasteiger partial charge in [0.25, 0.3) is 0 Å². The molecule has 2 rings (SSSR count). The molecule has 0 radical (unpaired) electrons. The van der Waals surface area contributed by atoms with Crippen molar-refractivity contribution >= 4 is 16.2 Å². The van der Waals surface area contributed by atoms with Gasteiger partial charge in [0.15, 0.2) is 0 Å². The molecule has 1 N–H and O–H groups in total. The lowest BCUT2D eigenvalue weighted by molar-refractivity contribution is 0.192. The van der Waals surface area contributed by atoms with Crippen LogP contribution in [0.1, 0.15) is 43.4 Å². The molecule has 0 aliphatic rings. The first-order chi connectivity index (χ1) is 6.61. The Morgan fingerprint density at radius 2 is 2.14 bits per heavy atom. The van der Waals surface area contributed by atoms with E-state index in [0.717, 1.165) is 10.5 Å². The van der Waals surface area contributed by atoms with Gasteiger partial charge in [0.1, 0.15) is 11.2 Å². The van der Waals surface area contributed by atoms with Crippen LogP contribution in [0.2, 0.25) is 0 Å². The fourth-order valence-corrected chi connectivity index (χ4v) is 2.84. The smallest absolute Gasteiger partial charge is 0.120 e. The summed E-state index contributed by atoms with van der Waals surface area (Å²) in [6.07, 6.45) is 3.16. The summed E-state index contributed by atoms with van der Waals surface area (Å²) in [7, 11) is 0. The predicted octanol–water partition coefficient (Wildman–Crippen LogP) is 2.57. The van der Waals surface area contributed by atoms with E-state index in [0.29, 0.717) is 5.92 Å². The number of thiazole rings is 1. The maximum absolute atomic E-state index is 9.72. The second kappa shape index (κ2) is 3.37. The molecule has 0 spiro atoms. The second-order valence-corrected chi connectivity index (χ2v) is 4.85. The Morgan fingerprint density at radius 3 is 2.71 bits per heavy atom. The summed E-state index contributed by atoms with van der Waals surface area (Å²) in [5.74, 6) is 0.449. The van der Waals surface area contributed by atoms with Crippen molar-refractivity contribution in [1.29, 1.82) is 0 Å². The van der Waals surface area contributed by atoms with Crippen LogP contribution in [-0.2, 0) is 0 Å². The minimum Gasteiger partial charge on any atom is -0.387 e. The number of aliphatic hydroxyl groups excluding tert-OH is 1. The summed E-state index contributed by atoms with van der Waals surface area (Å²) < 4.78 is 1.98. The van der Waals surface area contributed by atoms with Crippen LogP contribution in [0, 0.1) is 0 Å². The van der Waals surface area contributed by atoms with E-state index >= 15 is 0 Å². The third-order valence-electron chi connectivity index (χ3n) is 2.25. The Bertz CT molecular complexity index is 442. The topological polar surface area (TPSA) is 37.5 Å². The molecule has 2 aromatic rings. The molecule has 0 saturated heterocycles. The van der Waals surface area contributed by atoms with Gasteiger partial charge in [0, 0.05) is 4.88 Å². The summed E-state index contributed by atoms with van der Waals surface area (Å²) in [6.45, 7) is 6.09. The number of aromatic nitrogens is 2. The van der Waals surface area contributed by atoms with Gasteiger partial charge in [-0.3, -0.25) is 4.40 Å². The van der Waals surface area contributed by atoms with Crippen molar-refractivity contribution in [2.24, 2.45) is 0 Å². The van der Waals surface area contributed by atoms with E-state index in [4.69, 9.17) is 0 Å². The minimum atomic E-state index is -0.435. The number of rotatable bonds is 2. The average Bonchev–Trinajstić information content (AvgIpc) is 2.58. The molecule has 2 aromatic heterocycles. The highest BCUT2D eigenvalue weighted by atomic mass is 32.1. The molecular formula is C10H14N2OS. The van der Waals surface area contributed by atoms with E-state index in [9.17, 15) is 5.11 Å². The molecule has 1 atom stereocenters. The fraction of sp³-hybridized carbons (Fsp3) is 0.500. The summed E-state index contributed by atoms with van der Waals surface area (Å²) in [4.78, 5) is 6.42. The van der Waals surface area contributed by atoms with E-state index < -0.39 is 6.10 Å². The van der Waals surface area contributed by atoms with Crippen LogP contribution in [0.15, 0.2) is 12.5 Å². The van der Waals surface area contributed by atoms with Crippen molar-refractivity contribution in [3.8, 4) is 0 Å². The zero-order chi connectivity index (χ0) is 10.3. The summed E-state index contributed by atoms with van der Waals surface area (Å²) in [5, 5.41) is 9.72. The van der Waals surface area contributed by atoms with Gasteiger partial charge in [0.2, 0.25) is 0 Å². The van der Waals surface area contributed by atoms with Crippen molar-refractivity contribution in [1.82, 2.24) is 9.38 Å². The first kappa shape index (κ1) is 9.68. The van der Waals surface area contributed by atoms with Crippen molar-refractivity contribution < 1.29 is 5.11 Å². The monoisotopic (exact) mass is 210 g/mol. The molecule has 2 heterocycles. The minimum absolute atomic E-state index is 0.435. The molecule has 0 aromatic carbocycles. The van der Waals surface area contributed by atoms with Crippen LogP contribution in [0.3, 0.4) is 0 Å². The molecule has 1 unspecified atom stereocenters. The Hall–Kier alpha value is -0.870. The van der Waals surface area contributed by atoms with Gasteiger partial charge in [-0.2, -0.15) is 0 Å². The van der Waals surface area contributed by atoms with Crippen LogP contribution in [0.4, 0.5) is 0 Å². The van der Waals surface area contributed by atoms with Crippen molar-refractivity contribution in [2.45, 2.75) is 32.8 Å². The number of hydrogen-bond donors (Lipinski definition) is 1. The molecule has 0 aliphatic heterocycles. The number of hydrogen-bond acceptors (Lipinski definition) is 3. The maximum Gasteiger partial charge on any atom is 0.120 e. The van der Waals surface area contributed by atoms with Gasteiger partial charge >= 0.3 is 0 Å². The Morgan fingerprint density at radius 1 is 1.43 bits per heavy atom. The molecule has 14 heavy (non-hydrogen) atoms. The second-order valence-electron chi connectivity index (χ2n) is 3.78. The quantitative estimate of drug-likeness (QED) is 0.827. The van der Waals surface area contributed by atoms with Gasteiger partial charge < -0.3 is 5.11 Å². The highest BCUT2D eigenvalue weighted by molar-refractivity contribution is 7.17. The van der Waals surface area contributed by atoms with E-state index in [1.54, 1.807) is 24.6 Å². The molecule has 0 aliphatic carbocycles. The summed E-state index contributed by atoms with van der Waals surface area (Å²) in [5.41, 5.74) is 0.984.